The van der Waals surface area contributed by atoms with Crippen LogP contribution >= 0.6 is 0 Å². The monoisotopic (exact) mass is 250 g/mol. The number of aliphatic hydroxyl groups excluding tert-OH is 1. The van der Waals surface area contributed by atoms with E-state index in [0.29, 0.717) is 18.3 Å². The maximum absolute atomic E-state index is 9.71. The van der Waals surface area contributed by atoms with Gasteiger partial charge in [-0.2, -0.15) is 0 Å². The van der Waals surface area contributed by atoms with Crippen LogP contribution in [0, 0.1) is 0 Å². The van der Waals surface area contributed by atoms with Crippen molar-refractivity contribution < 1.29 is 9.84 Å². The molecule has 0 aliphatic heterocycles. The molecule has 0 radical (unpaired) electrons. The van der Waals surface area contributed by atoms with Gasteiger partial charge in [-0.1, -0.05) is 39.8 Å². The Morgan fingerprint density at radius 1 is 1.00 bits per heavy atom. The average molecular weight is 250 g/mol. The molecule has 1 N–H and O–H groups in total. The highest BCUT2D eigenvalue weighted by Gasteiger charge is 2.18. The highest BCUT2D eigenvalue weighted by Crippen LogP contribution is 2.36. The molecule has 1 aromatic carbocycles. The highest BCUT2D eigenvalue weighted by atomic mass is 16.5. The van der Waals surface area contributed by atoms with E-state index in [2.05, 4.69) is 39.8 Å². The molecule has 1 unspecified atom stereocenters. The predicted molar refractivity (Wildman–Crippen MR) is 76.6 cm³/mol. The lowest BCUT2D eigenvalue weighted by molar-refractivity contribution is 0.193. The Hall–Kier alpha value is -1.02. The van der Waals surface area contributed by atoms with E-state index in [1.807, 2.05) is 6.92 Å². The minimum Gasteiger partial charge on any atom is -0.496 e. The fourth-order valence-corrected chi connectivity index (χ4v) is 2.40. The first-order valence-corrected chi connectivity index (χ1v) is 6.76. The van der Waals surface area contributed by atoms with Crippen LogP contribution in [-0.4, -0.2) is 18.3 Å². The van der Waals surface area contributed by atoms with Gasteiger partial charge in [0.25, 0.3) is 0 Å². The second kappa shape index (κ2) is 6.24. The molecule has 18 heavy (non-hydrogen) atoms. The van der Waals surface area contributed by atoms with Crippen LogP contribution in [0.4, 0.5) is 0 Å². The zero-order valence-electron chi connectivity index (χ0n) is 12.4. The van der Waals surface area contributed by atoms with Crippen LogP contribution in [0.1, 0.15) is 63.1 Å². The van der Waals surface area contributed by atoms with E-state index in [1.165, 1.54) is 11.1 Å². The predicted octanol–water partition coefficient (Wildman–Crippen LogP) is 3.87. The van der Waals surface area contributed by atoms with E-state index in [1.54, 1.807) is 7.11 Å². The quantitative estimate of drug-likeness (QED) is 0.859. The summed E-state index contributed by atoms with van der Waals surface area (Å²) in [4.78, 5) is 0. The van der Waals surface area contributed by atoms with Gasteiger partial charge in [-0.05, 0) is 29.9 Å². The van der Waals surface area contributed by atoms with E-state index in [-0.39, 0.29) is 6.10 Å². The number of aliphatic hydroxyl groups is 1. The van der Waals surface area contributed by atoms with Crippen molar-refractivity contribution in [3.8, 4) is 5.75 Å². The van der Waals surface area contributed by atoms with Gasteiger partial charge in [-0.25, -0.2) is 0 Å². The van der Waals surface area contributed by atoms with E-state index in [0.717, 1.165) is 11.3 Å². The van der Waals surface area contributed by atoms with E-state index in [9.17, 15) is 5.11 Å². The largest absolute Gasteiger partial charge is 0.496 e. The molecule has 0 bridgehead atoms. The van der Waals surface area contributed by atoms with Crippen LogP contribution in [0.5, 0.6) is 5.75 Å². The van der Waals surface area contributed by atoms with Crippen LogP contribution in [0.15, 0.2) is 12.1 Å². The van der Waals surface area contributed by atoms with E-state index in [4.69, 9.17) is 4.74 Å². The van der Waals surface area contributed by atoms with Gasteiger partial charge in [0.15, 0.2) is 0 Å². The van der Waals surface area contributed by atoms with Crippen molar-refractivity contribution in [2.24, 2.45) is 0 Å². The first-order chi connectivity index (χ1) is 8.38. The van der Waals surface area contributed by atoms with Gasteiger partial charge in [-0.15, -0.1) is 0 Å². The Morgan fingerprint density at radius 2 is 1.50 bits per heavy atom. The second-order valence-corrected chi connectivity index (χ2v) is 5.62. The van der Waals surface area contributed by atoms with Gasteiger partial charge in [0, 0.05) is 12.0 Å². The highest BCUT2D eigenvalue weighted by molar-refractivity contribution is 5.49. The van der Waals surface area contributed by atoms with E-state index >= 15 is 0 Å². The van der Waals surface area contributed by atoms with Crippen LogP contribution in [0.2, 0.25) is 0 Å². The molecule has 0 saturated carbocycles. The van der Waals surface area contributed by atoms with Crippen molar-refractivity contribution in [2.75, 3.05) is 7.11 Å². The van der Waals surface area contributed by atoms with Crippen molar-refractivity contribution >= 4 is 0 Å². The molecule has 0 spiro atoms. The summed E-state index contributed by atoms with van der Waals surface area (Å²) in [7, 11) is 1.72. The number of benzene rings is 1. The summed E-state index contributed by atoms with van der Waals surface area (Å²) < 4.78 is 5.62. The fourth-order valence-electron chi connectivity index (χ4n) is 2.40. The van der Waals surface area contributed by atoms with Crippen LogP contribution < -0.4 is 4.74 Å². The maximum atomic E-state index is 9.71. The summed E-state index contributed by atoms with van der Waals surface area (Å²) in [6.07, 6.45) is 0.302. The summed E-state index contributed by atoms with van der Waals surface area (Å²) in [5.41, 5.74) is 3.66. The van der Waals surface area contributed by atoms with Gasteiger partial charge in [-0.3, -0.25) is 0 Å². The maximum Gasteiger partial charge on any atom is 0.125 e. The van der Waals surface area contributed by atoms with Gasteiger partial charge >= 0.3 is 0 Å². The van der Waals surface area contributed by atoms with Gasteiger partial charge in [0.05, 0.1) is 13.2 Å². The topological polar surface area (TPSA) is 29.5 Å². The van der Waals surface area contributed by atoms with Gasteiger partial charge in [0.2, 0.25) is 0 Å². The molecule has 0 heterocycles. The third-order valence-electron chi connectivity index (χ3n) is 3.27. The molecule has 0 aromatic heterocycles. The Bertz CT molecular complexity index is 392. The standard InChI is InChI=1S/C16H26O2/c1-10(2)13-7-8-14(11(3)4)16(18-6)15(13)9-12(5)17/h7-8,10-12,17H,9H2,1-6H3. The zero-order valence-corrected chi connectivity index (χ0v) is 12.4. The summed E-state index contributed by atoms with van der Waals surface area (Å²) >= 11 is 0. The van der Waals surface area contributed by atoms with Crippen molar-refractivity contribution in [3.05, 3.63) is 28.8 Å². The van der Waals surface area contributed by atoms with E-state index < -0.39 is 0 Å². The number of ether oxygens (including phenoxy) is 1. The second-order valence-electron chi connectivity index (χ2n) is 5.62. The Morgan fingerprint density at radius 3 is 1.89 bits per heavy atom. The Balaban J connectivity index is 3.40. The van der Waals surface area contributed by atoms with Crippen LogP contribution in [0.25, 0.3) is 0 Å². The molecule has 0 aliphatic carbocycles. The molecule has 102 valence electrons. The molecular formula is C16H26O2. The lowest BCUT2D eigenvalue weighted by Crippen LogP contribution is -2.11. The molecule has 0 aliphatic rings. The van der Waals surface area contributed by atoms with Crippen molar-refractivity contribution in [2.45, 2.75) is 59.0 Å². The summed E-state index contributed by atoms with van der Waals surface area (Å²) in [6, 6.07) is 4.34. The number of hydrogen-bond acceptors (Lipinski definition) is 2. The molecule has 2 heteroatoms. The number of rotatable bonds is 5. The number of methoxy groups -OCH3 is 1. The summed E-state index contributed by atoms with van der Waals surface area (Å²) in [6.45, 7) is 10.5. The Labute approximate surface area is 111 Å². The molecule has 0 amide bonds. The first kappa shape index (κ1) is 15.0. The van der Waals surface area contributed by atoms with Gasteiger partial charge in [0.1, 0.15) is 5.75 Å². The van der Waals surface area contributed by atoms with Crippen molar-refractivity contribution in [1.82, 2.24) is 0 Å². The smallest absolute Gasteiger partial charge is 0.125 e. The number of hydrogen-bond donors (Lipinski definition) is 1. The lowest BCUT2D eigenvalue weighted by atomic mass is 9.88. The van der Waals surface area contributed by atoms with Crippen molar-refractivity contribution in [1.29, 1.82) is 0 Å². The fraction of sp³-hybridized carbons (Fsp3) is 0.625. The minimum atomic E-state index is -0.348. The molecule has 0 saturated heterocycles. The summed E-state index contributed by atoms with van der Waals surface area (Å²) in [5, 5.41) is 9.71. The average Bonchev–Trinajstić information content (AvgIpc) is 2.26. The normalized spacial score (nSPS) is 13.2. The zero-order chi connectivity index (χ0) is 13.9. The molecule has 1 rings (SSSR count). The van der Waals surface area contributed by atoms with Crippen LogP contribution in [-0.2, 0) is 6.42 Å². The molecule has 1 aromatic rings. The lowest BCUT2D eigenvalue weighted by Gasteiger charge is -2.22. The third kappa shape index (κ3) is 3.26. The SMILES string of the molecule is COc1c(C(C)C)ccc(C(C)C)c1CC(C)O. The van der Waals surface area contributed by atoms with Crippen molar-refractivity contribution in [3.63, 3.8) is 0 Å². The van der Waals surface area contributed by atoms with Crippen LogP contribution in [0.3, 0.4) is 0 Å². The third-order valence-corrected chi connectivity index (χ3v) is 3.27. The first-order valence-electron chi connectivity index (χ1n) is 6.76. The molecule has 2 nitrogen and oxygen atoms in total. The molecule has 1 atom stereocenters. The molecular weight excluding hydrogens is 224 g/mol. The van der Waals surface area contributed by atoms with Gasteiger partial charge < -0.3 is 9.84 Å². The minimum absolute atomic E-state index is 0.348. The molecule has 0 fully saturated rings. The Kier molecular flexibility index (Phi) is 5.21. The summed E-state index contributed by atoms with van der Waals surface area (Å²) in [5.74, 6) is 1.82.